The van der Waals surface area contributed by atoms with Gasteiger partial charge in [0.05, 0.1) is 12.4 Å². The number of hydrogen-bond donors (Lipinski definition) is 2. The summed E-state index contributed by atoms with van der Waals surface area (Å²) in [5, 5.41) is 7.70. The van der Waals surface area contributed by atoms with Gasteiger partial charge in [0.2, 0.25) is 0 Å². The zero-order chi connectivity index (χ0) is 22.4. The maximum atomic E-state index is 11.8. The minimum absolute atomic E-state index is 0.235. The van der Waals surface area contributed by atoms with Crippen LogP contribution >= 0.6 is 0 Å². The molecule has 2 N–H and O–H groups in total. The summed E-state index contributed by atoms with van der Waals surface area (Å²) in [6.45, 7) is -0.470. The van der Waals surface area contributed by atoms with Crippen molar-refractivity contribution in [1.29, 1.82) is 0 Å². The molecule has 0 saturated carbocycles. The van der Waals surface area contributed by atoms with E-state index in [1.165, 1.54) is 12.4 Å². The topological polar surface area (TPSA) is 127 Å². The number of carbonyl (C=O) groups is 2. The van der Waals surface area contributed by atoms with Gasteiger partial charge < -0.3 is 9.47 Å². The van der Waals surface area contributed by atoms with Crippen LogP contribution in [-0.4, -0.2) is 47.4 Å². The number of hydrazone groups is 2. The third kappa shape index (κ3) is 8.03. The fraction of sp³-hybridized carbons (Fsp3) is 0.0909. The van der Waals surface area contributed by atoms with E-state index in [1.807, 2.05) is 0 Å². The van der Waals surface area contributed by atoms with E-state index in [0.29, 0.717) is 11.5 Å². The van der Waals surface area contributed by atoms with E-state index in [4.69, 9.17) is 9.47 Å². The average Bonchev–Trinajstić information content (AvgIpc) is 2.83. The number of aromatic nitrogens is 2. The Morgan fingerprint density at radius 2 is 1.19 bits per heavy atom. The minimum atomic E-state index is -0.423. The van der Waals surface area contributed by atoms with Crippen molar-refractivity contribution in [1.82, 2.24) is 20.8 Å². The van der Waals surface area contributed by atoms with E-state index in [2.05, 4.69) is 31.0 Å². The number of rotatable bonds is 10. The molecule has 3 aromatic rings. The number of hydrogen-bond acceptors (Lipinski definition) is 8. The van der Waals surface area contributed by atoms with Crippen LogP contribution in [0.5, 0.6) is 11.5 Å². The zero-order valence-electron chi connectivity index (χ0n) is 16.9. The van der Waals surface area contributed by atoms with Gasteiger partial charge in [-0.25, -0.2) is 10.9 Å². The summed E-state index contributed by atoms with van der Waals surface area (Å²) in [7, 11) is 0. The Morgan fingerprint density at radius 3 is 1.62 bits per heavy atom. The van der Waals surface area contributed by atoms with Gasteiger partial charge in [0.25, 0.3) is 11.8 Å². The number of ether oxygens (including phenoxy) is 2. The number of nitrogens with one attached hydrogen (secondary N) is 2. The highest BCUT2D eigenvalue weighted by atomic mass is 16.5. The van der Waals surface area contributed by atoms with Gasteiger partial charge in [0.1, 0.15) is 11.5 Å². The summed E-state index contributed by atoms with van der Waals surface area (Å²) >= 11 is 0. The molecule has 3 rings (SSSR count). The number of carbonyl (C=O) groups excluding carboxylic acids is 2. The largest absolute Gasteiger partial charge is 0.484 e. The Hall–Kier alpha value is -4.60. The monoisotopic (exact) mass is 432 g/mol. The van der Waals surface area contributed by atoms with Crippen LogP contribution in [0.3, 0.4) is 0 Å². The smallest absolute Gasteiger partial charge is 0.277 e. The predicted octanol–water partition coefficient (Wildman–Crippen LogP) is 1.53. The van der Waals surface area contributed by atoms with Gasteiger partial charge in [0, 0.05) is 30.9 Å². The molecule has 32 heavy (non-hydrogen) atoms. The van der Waals surface area contributed by atoms with Crippen molar-refractivity contribution in [3.05, 3.63) is 84.4 Å². The summed E-state index contributed by atoms with van der Waals surface area (Å²) in [6, 6.07) is 13.6. The third-order valence-electron chi connectivity index (χ3n) is 3.76. The van der Waals surface area contributed by atoms with Crippen molar-refractivity contribution in [2.24, 2.45) is 10.2 Å². The molecule has 0 atom stereocenters. The first-order valence-electron chi connectivity index (χ1n) is 9.48. The lowest BCUT2D eigenvalue weighted by atomic mass is 10.3. The molecule has 2 amide bonds. The lowest BCUT2D eigenvalue weighted by Crippen LogP contribution is -2.25. The summed E-state index contributed by atoms with van der Waals surface area (Å²) < 4.78 is 10.9. The fourth-order valence-electron chi connectivity index (χ4n) is 2.27. The van der Waals surface area contributed by atoms with Crippen LogP contribution in [-0.2, 0) is 9.59 Å². The van der Waals surface area contributed by atoms with Gasteiger partial charge in [0.15, 0.2) is 13.2 Å². The maximum Gasteiger partial charge on any atom is 0.277 e. The molecule has 0 bridgehead atoms. The number of benzene rings is 1. The summed E-state index contributed by atoms with van der Waals surface area (Å²) in [5.41, 5.74) is 6.35. The first kappa shape index (κ1) is 22.1. The van der Waals surface area contributed by atoms with Gasteiger partial charge in [-0.3, -0.25) is 19.6 Å². The Bertz CT molecular complexity index is 991. The van der Waals surface area contributed by atoms with Gasteiger partial charge in [-0.05, 0) is 47.5 Å². The molecule has 0 radical (unpaired) electrons. The van der Waals surface area contributed by atoms with Crippen LogP contribution in [0.15, 0.2) is 83.5 Å². The third-order valence-corrected chi connectivity index (χ3v) is 3.76. The SMILES string of the molecule is O=C(COc1cccc(OCC(=O)N/N=C/c2ccncc2)c1)N/N=C/c1ccncc1. The molecule has 0 aliphatic rings. The van der Waals surface area contributed by atoms with Crippen molar-refractivity contribution in [2.45, 2.75) is 0 Å². The van der Waals surface area contributed by atoms with Crippen molar-refractivity contribution in [3.8, 4) is 11.5 Å². The van der Waals surface area contributed by atoms with E-state index in [1.54, 1.807) is 73.3 Å². The highest BCUT2D eigenvalue weighted by Gasteiger charge is 2.05. The average molecular weight is 432 g/mol. The highest BCUT2D eigenvalue weighted by Crippen LogP contribution is 2.19. The first-order valence-corrected chi connectivity index (χ1v) is 9.48. The summed E-state index contributed by atoms with van der Waals surface area (Å²) in [4.78, 5) is 31.5. The molecule has 2 heterocycles. The van der Waals surface area contributed by atoms with Gasteiger partial charge in [-0.2, -0.15) is 10.2 Å². The molecule has 10 nitrogen and oxygen atoms in total. The fourth-order valence-corrected chi connectivity index (χ4v) is 2.27. The molecule has 0 fully saturated rings. The van der Waals surface area contributed by atoms with E-state index < -0.39 is 11.8 Å². The van der Waals surface area contributed by atoms with Crippen molar-refractivity contribution in [2.75, 3.05) is 13.2 Å². The maximum absolute atomic E-state index is 11.8. The van der Waals surface area contributed by atoms with Crippen LogP contribution in [0.4, 0.5) is 0 Å². The Labute approximate surface area is 184 Å². The second-order valence-electron chi connectivity index (χ2n) is 6.20. The number of pyridine rings is 2. The van der Waals surface area contributed by atoms with E-state index in [9.17, 15) is 9.59 Å². The van der Waals surface area contributed by atoms with Crippen LogP contribution < -0.4 is 20.3 Å². The van der Waals surface area contributed by atoms with E-state index in [0.717, 1.165) is 11.1 Å². The van der Waals surface area contributed by atoms with Gasteiger partial charge in [-0.15, -0.1) is 0 Å². The first-order chi connectivity index (χ1) is 15.7. The summed E-state index contributed by atoms with van der Waals surface area (Å²) in [5.74, 6) is -0.0279. The van der Waals surface area contributed by atoms with E-state index >= 15 is 0 Å². The number of amides is 2. The van der Waals surface area contributed by atoms with Crippen LogP contribution in [0.25, 0.3) is 0 Å². The van der Waals surface area contributed by atoms with Gasteiger partial charge >= 0.3 is 0 Å². The molecule has 0 saturated heterocycles. The van der Waals surface area contributed by atoms with Crippen LogP contribution in [0.1, 0.15) is 11.1 Å². The van der Waals surface area contributed by atoms with Crippen LogP contribution in [0, 0.1) is 0 Å². The van der Waals surface area contributed by atoms with E-state index in [-0.39, 0.29) is 13.2 Å². The quantitative estimate of drug-likeness (QED) is 0.370. The second kappa shape index (κ2) is 12.2. The molecule has 2 aromatic heterocycles. The molecule has 0 aliphatic heterocycles. The normalized spacial score (nSPS) is 10.8. The zero-order valence-corrected chi connectivity index (χ0v) is 16.9. The van der Waals surface area contributed by atoms with Crippen molar-refractivity contribution < 1.29 is 19.1 Å². The molecule has 0 aliphatic carbocycles. The Kier molecular flexibility index (Phi) is 8.41. The highest BCUT2D eigenvalue weighted by molar-refractivity contribution is 5.83. The molecule has 10 heteroatoms. The molecule has 162 valence electrons. The Morgan fingerprint density at radius 1 is 0.750 bits per heavy atom. The van der Waals surface area contributed by atoms with Crippen molar-refractivity contribution >= 4 is 24.2 Å². The van der Waals surface area contributed by atoms with Crippen molar-refractivity contribution in [3.63, 3.8) is 0 Å². The molecule has 0 spiro atoms. The lowest BCUT2D eigenvalue weighted by molar-refractivity contribution is -0.123. The Balaban J connectivity index is 1.38. The number of nitrogens with zero attached hydrogens (tertiary/aromatic N) is 4. The predicted molar refractivity (Wildman–Crippen MR) is 117 cm³/mol. The van der Waals surface area contributed by atoms with Crippen LogP contribution in [0.2, 0.25) is 0 Å². The standard InChI is InChI=1S/C22H20N6O4/c29-21(27-25-13-17-4-8-23-9-5-17)15-31-19-2-1-3-20(12-19)32-16-22(30)28-26-14-18-6-10-24-11-7-18/h1-14H,15-16H2,(H,27,29)(H,28,30)/b25-13+,26-14+. The molecular weight excluding hydrogens is 412 g/mol. The van der Waals surface area contributed by atoms with Gasteiger partial charge in [-0.1, -0.05) is 6.07 Å². The lowest BCUT2D eigenvalue weighted by Gasteiger charge is -2.08. The molecular formula is C22H20N6O4. The molecule has 1 aromatic carbocycles. The second-order valence-corrected chi connectivity index (χ2v) is 6.20. The molecule has 0 unspecified atom stereocenters. The summed E-state index contributed by atoms with van der Waals surface area (Å²) in [6.07, 6.45) is 9.50. The minimum Gasteiger partial charge on any atom is -0.484 e.